The summed E-state index contributed by atoms with van der Waals surface area (Å²) in [6.07, 6.45) is 1.53. The van der Waals surface area contributed by atoms with Crippen molar-refractivity contribution in [1.29, 1.82) is 5.26 Å². The lowest BCUT2D eigenvalue weighted by Crippen LogP contribution is -2.36. The smallest absolute Gasteiger partial charge is 0.320 e. The van der Waals surface area contributed by atoms with E-state index >= 15 is 0 Å². The monoisotopic (exact) mass is 471 g/mol. The lowest BCUT2D eigenvalue weighted by molar-refractivity contribution is -0.763. The number of hydrogen-bond donors (Lipinski definition) is 0. The quantitative estimate of drug-likeness (QED) is 0.159. The minimum absolute atomic E-state index is 0.00702. The summed E-state index contributed by atoms with van der Waals surface area (Å²) in [6.45, 7) is 0.951. The van der Waals surface area contributed by atoms with Crippen molar-refractivity contribution < 1.29 is 19.0 Å². The Morgan fingerprint density at radius 3 is 2.53 bits per heavy atom. The molecule has 2 aromatic heterocycles. The summed E-state index contributed by atoms with van der Waals surface area (Å²) < 4.78 is 11.6. The molecule has 0 saturated heterocycles. The number of ether oxygens (including phenoxy) is 1. The van der Waals surface area contributed by atoms with Crippen molar-refractivity contribution in [3.8, 4) is 28.5 Å². The standard InChI is InChI=1S/C25H21N5O3S/c1-32-13-12-30-16-24(33-29-30)28-23(31)17-34-25-21(15-26)20(18-8-4-2-5-9-18)14-22(27-25)19-10-6-3-7-11-19/h2-11,14,16H,12-13,17H2,1H3. The zero-order valence-corrected chi connectivity index (χ0v) is 19.2. The highest BCUT2D eigenvalue weighted by molar-refractivity contribution is 7.99. The zero-order chi connectivity index (χ0) is 23.8. The van der Waals surface area contributed by atoms with Gasteiger partial charge in [-0.25, -0.2) is 9.98 Å². The molecular weight excluding hydrogens is 450 g/mol. The van der Waals surface area contributed by atoms with Crippen LogP contribution in [-0.4, -0.2) is 35.6 Å². The van der Waals surface area contributed by atoms with Gasteiger partial charge < -0.3 is 9.84 Å². The molecule has 170 valence electrons. The van der Waals surface area contributed by atoms with E-state index in [1.54, 1.807) is 7.11 Å². The normalized spacial score (nSPS) is 11.4. The number of nitrogens with zero attached hydrogens (tertiary/aromatic N) is 5. The van der Waals surface area contributed by atoms with E-state index in [9.17, 15) is 10.4 Å². The highest BCUT2D eigenvalue weighted by Gasteiger charge is 2.16. The number of aromatic nitrogens is 3. The Morgan fingerprint density at radius 2 is 1.85 bits per heavy atom. The van der Waals surface area contributed by atoms with Crippen molar-refractivity contribution >= 4 is 23.5 Å². The molecule has 8 nitrogen and oxygen atoms in total. The molecule has 2 aromatic carbocycles. The first-order chi connectivity index (χ1) is 16.7. The molecule has 0 amide bonds. The minimum atomic E-state index is -0.419. The lowest BCUT2D eigenvalue weighted by atomic mass is 9.99. The van der Waals surface area contributed by atoms with Crippen LogP contribution in [-0.2, 0) is 11.3 Å². The van der Waals surface area contributed by atoms with E-state index in [1.807, 2.05) is 66.7 Å². The summed E-state index contributed by atoms with van der Waals surface area (Å²) in [6, 6.07) is 23.6. The molecule has 0 aliphatic heterocycles. The summed E-state index contributed by atoms with van der Waals surface area (Å²) in [5.41, 5.74) is 3.72. The van der Waals surface area contributed by atoms with Crippen LogP contribution >= 0.6 is 11.8 Å². The number of pyridine rings is 1. The second-order valence-electron chi connectivity index (χ2n) is 7.17. The van der Waals surface area contributed by atoms with Gasteiger partial charge in [0, 0.05) is 24.0 Å². The first-order valence-corrected chi connectivity index (χ1v) is 11.4. The molecule has 0 aliphatic rings. The van der Waals surface area contributed by atoms with Crippen molar-refractivity contribution in [2.45, 2.75) is 11.6 Å². The number of hydrogen-bond acceptors (Lipinski definition) is 8. The van der Waals surface area contributed by atoms with Gasteiger partial charge in [-0.3, -0.25) is 4.52 Å². The third-order valence-electron chi connectivity index (χ3n) is 4.84. The van der Waals surface area contributed by atoms with Gasteiger partial charge in [-0.1, -0.05) is 72.4 Å². The average molecular weight is 472 g/mol. The van der Waals surface area contributed by atoms with Gasteiger partial charge in [0.05, 0.1) is 11.3 Å². The topological polar surface area (TPSA) is 111 Å². The minimum Gasteiger partial charge on any atom is -0.861 e. The molecule has 0 saturated carbocycles. The molecule has 0 atom stereocenters. The van der Waals surface area contributed by atoms with Gasteiger partial charge in [0.1, 0.15) is 17.7 Å². The Labute approximate surface area is 201 Å². The number of aliphatic imine (C=N–C) groups is 1. The molecule has 0 fully saturated rings. The Hall–Kier alpha value is -4.00. The molecule has 34 heavy (non-hydrogen) atoms. The van der Waals surface area contributed by atoms with Crippen molar-refractivity contribution in [3.63, 3.8) is 0 Å². The predicted octanol–water partition coefficient (Wildman–Crippen LogP) is 3.39. The highest BCUT2D eigenvalue weighted by atomic mass is 32.2. The number of nitriles is 1. The molecule has 2 heterocycles. The number of thioether (sulfide) groups is 1. The molecule has 0 spiro atoms. The summed E-state index contributed by atoms with van der Waals surface area (Å²) in [7, 11) is 1.59. The zero-order valence-electron chi connectivity index (χ0n) is 18.4. The summed E-state index contributed by atoms with van der Waals surface area (Å²) >= 11 is 1.17. The maximum absolute atomic E-state index is 12.5. The SMILES string of the molecule is COCC[n+]1cc(/N=C(\[O-])CSc2nc(-c3ccccc3)cc(-c3ccccc3)c2C#N)on1. The Balaban J connectivity index is 1.64. The fourth-order valence-electron chi connectivity index (χ4n) is 3.23. The molecule has 9 heteroatoms. The Morgan fingerprint density at radius 1 is 1.15 bits per heavy atom. The van der Waals surface area contributed by atoms with Crippen LogP contribution in [0.4, 0.5) is 5.88 Å². The van der Waals surface area contributed by atoms with E-state index in [4.69, 9.17) is 14.2 Å². The second kappa shape index (κ2) is 11.2. The Kier molecular flexibility index (Phi) is 7.65. The van der Waals surface area contributed by atoms with E-state index < -0.39 is 5.90 Å². The van der Waals surface area contributed by atoms with E-state index in [1.165, 1.54) is 22.6 Å². The fourth-order valence-corrected chi connectivity index (χ4v) is 4.02. The van der Waals surface area contributed by atoms with Gasteiger partial charge >= 0.3 is 5.88 Å². The molecule has 0 N–H and O–H groups in total. The number of methoxy groups -OCH3 is 1. The van der Waals surface area contributed by atoms with Gasteiger partial charge in [-0.05, 0) is 22.2 Å². The average Bonchev–Trinajstić information content (AvgIpc) is 3.33. The third-order valence-corrected chi connectivity index (χ3v) is 5.80. The summed E-state index contributed by atoms with van der Waals surface area (Å²) in [4.78, 5) is 8.67. The van der Waals surface area contributed by atoms with Crippen LogP contribution in [0, 0.1) is 11.3 Å². The first kappa shape index (κ1) is 23.2. The van der Waals surface area contributed by atoms with Crippen LogP contribution in [0.2, 0.25) is 0 Å². The molecule has 0 bridgehead atoms. The van der Waals surface area contributed by atoms with E-state index in [0.29, 0.717) is 23.7 Å². The molecule has 0 unspecified atom stereocenters. The van der Waals surface area contributed by atoms with Crippen LogP contribution < -0.4 is 9.79 Å². The van der Waals surface area contributed by atoms with Crippen LogP contribution in [0.1, 0.15) is 5.56 Å². The van der Waals surface area contributed by atoms with Gasteiger partial charge in [-0.15, -0.1) is 0 Å². The van der Waals surface area contributed by atoms with Gasteiger partial charge in [0.2, 0.25) is 11.8 Å². The molecular formula is C25H21N5O3S. The first-order valence-electron chi connectivity index (χ1n) is 10.5. The highest BCUT2D eigenvalue weighted by Crippen LogP contribution is 2.34. The summed E-state index contributed by atoms with van der Waals surface area (Å²) in [5, 5.41) is 26.7. The van der Waals surface area contributed by atoms with Crippen molar-refractivity contribution in [1.82, 2.24) is 10.3 Å². The van der Waals surface area contributed by atoms with Crippen LogP contribution in [0.15, 0.2) is 87.5 Å². The van der Waals surface area contributed by atoms with Crippen molar-refractivity contribution in [3.05, 3.63) is 78.5 Å². The maximum Gasteiger partial charge on any atom is 0.320 e. The van der Waals surface area contributed by atoms with Crippen LogP contribution in [0.3, 0.4) is 0 Å². The summed E-state index contributed by atoms with van der Waals surface area (Å²) in [5.74, 6) is -0.317. The largest absolute Gasteiger partial charge is 0.861 e. The van der Waals surface area contributed by atoms with Gasteiger partial charge in [0.15, 0.2) is 0 Å². The van der Waals surface area contributed by atoms with Crippen molar-refractivity contribution in [2.24, 2.45) is 4.99 Å². The number of rotatable bonds is 9. The maximum atomic E-state index is 12.5. The Bertz CT molecular complexity index is 1320. The van der Waals surface area contributed by atoms with Gasteiger partial charge in [0.25, 0.3) is 6.20 Å². The van der Waals surface area contributed by atoms with Crippen molar-refractivity contribution in [2.75, 3.05) is 19.5 Å². The lowest BCUT2D eigenvalue weighted by Gasteiger charge is -2.14. The van der Waals surface area contributed by atoms with E-state index in [-0.39, 0.29) is 11.6 Å². The molecule has 0 aliphatic carbocycles. The molecule has 4 aromatic rings. The van der Waals surface area contributed by atoms with Gasteiger partial charge in [-0.2, -0.15) is 5.26 Å². The van der Waals surface area contributed by atoms with Crippen LogP contribution in [0.25, 0.3) is 22.4 Å². The third kappa shape index (κ3) is 5.67. The number of benzene rings is 2. The van der Waals surface area contributed by atoms with E-state index in [0.717, 1.165) is 22.4 Å². The second-order valence-corrected chi connectivity index (χ2v) is 8.13. The predicted molar refractivity (Wildman–Crippen MR) is 126 cm³/mol. The molecule has 0 radical (unpaired) electrons. The van der Waals surface area contributed by atoms with E-state index in [2.05, 4.69) is 16.3 Å². The molecule has 4 rings (SSSR count). The fraction of sp³-hybridized carbons (Fsp3) is 0.160. The van der Waals surface area contributed by atoms with Crippen LogP contribution in [0.5, 0.6) is 0 Å².